The molecule has 8 bridgehead atoms. The summed E-state index contributed by atoms with van der Waals surface area (Å²) in [6.45, 7) is 25.1. The van der Waals surface area contributed by atoms with Crippen molar-refractivity contribution in [2.24, 2.45) is 0 Å². The number of aryl methyl sites for hydroxylation is 4. The van der Waals surface area contributed by atoms with Gasteiger partial charge in [0.15, 0.2) is 23.0 Å². The van der Waals surface area contributed by atoms with E-state index in [4.69, 9.17) is 71.0 Å². The van der Waals surface area contributed by atoms with Crippen LogP contribution in [0.25, 0.3) is 0 Å². The molecule has 0 heterocycles. The highest BCUT2D eigenvalue weighted by Crippen LogP contribution is 2.62. The molecule has 0 unspecified atom stereocenters. The standard InChI is InChI=1S/C92H124O28P4S4/c1-17-29-33-37-73-77-57-78(86(114-122(94,107-23-7)108-24-8)61-85(77)113-121(93,105-21-5)106-22-6)74(38-34-30-18-2)83-60-84(92(120-128(103,104)72-55-47-68(16)48-56-72)64-91(83)119-127(101,102)71-53-45-67(15)46-54-71)76(40-36-32-20-4)80-58-79(87(115-123(95,109-25-9)110-26-10)62-88(80)116-124(96,111-27-11)112-28-12)75(39-35-31-19-3)82-59-81(73)89(117-125(97,98)69-49-41-65(13)42-50-69)63-90(82)118-126(99,100)70-51-43-66(14)44-52-70/h41-64,73-76H,17-40H2,1-16H3/t73-,74+,75+,76-. The second-order valence-electron chi connectivity index (χ2n) is 30.8. The topological polar surface area (TPSA) is 353 Å². The molecule has 0 aliphatic heterocycles. The zero-order valence-electron chi connectivity index (χ0n) is 76.0. The second kappa shape index (κ2) is 47.3. The molecule has 0 fully saturated rings. The van der Waals surface area contributed by atoms with Crippen molar-refractivity contribution in [2.45, 2.75) is 257 Å². The average Bonchev–Trinajstić information content (AvgIpc) is 0.734. The van der Waals surface area contributed by atoms with E-state index < -0.39 is 118 Å². The summed E-state index contributed by atoms with van der Waals surface area (Å²) in [6, 6.07) is 34.3. The Morgan fingerprint density at radius 2 is 0.383 bits per heavy atom. The Balaban J connectivity index is 1.73. The van der Waals surface area contributed by atoms with Crippen molar-refractivity contribution in [1.82, 2.24) is 0 Å². The van der Waals surface area contributed by atoms with Crippen LogP contribution >= 0.6 is 31.3 Å². The predicted octanol–water partition coefficient (Wildman–Crippen LogP) is 25.4. The van der Waals surface area contributed by atoms with Gasteiger partial charge in [-0.2, -0.15) is 33.7 Å². The summed E-state index contributed by atoms with van der Waals surface area (Å²) in [5, 5.41) is 0. The van der Waals surface area contributed by atoms with Crippen molar-refractivity contribution in [3.05, 3.63) is 212 Å². The lowest BCUT2D eigenvalue weighted by molar-refractivity contribution is 0.163. The molecule has 128 heavy (non-hydrogen) atoms. The first-order valence-electron chi connectivity index (χ1n) is 44.0. The molecule has 0 saturated heterocycles. The molecule has 9 rings (SSSR count). The maximum absolute atomic E-state index is 15.8. The van der Waals surface area contributed by atoms with E-state index in [1.54, 1.807) is 144 Å². The Kier molecular flexibility index (Phi) is 38.5. The van der Waals surface area contributed by atoms with Gasteiger partial charge in [-0.15, -0.1) is 0 Å². The molecule has 36 heteroatoms. The zero-order valence-corrected chi connectivity index (χ0v) is 82.8. The Bertz CT molecular complexity index is 5000. The molecule has 8 aromatic carbocycles. The third-order valence-electron chi connectivity index (χ3n) is 21.1. The number of hydrogen-bond acceptors (Lipinski definition) is 28. The quantitative estimate of drug-likeness (QED) is 0.0194. The van der Waals surface area contributed by atoms with Crippen LogP contribution in [-0.4, -0.2) is 86.5 Å². The number of rotatable bonds is 52. The molecule has 4 atom stereocenters. The van der Waals surface area contributed by atoms with Gasteiger partial charge in [0.05, 0.1) is 52.9 Å². The fraction of sp³-hybridized carbons (Fsp3) is 0.478. The number of phosphoric ester groups is 4. The van der Waals surface area contributed by atoms with Gasteiger partial charge in [0.1, 0.15) is 42.6 Å². The molecule has 704 valence electrons. The van der Waals surface area contributed by atoms with Gasteiger partial charge in [0, 0.05) is 92.4 Å². The SMILES string of the molecule is CCCCC[C@@H]1c2cc(c(OP(=O)(OCC)OCC)cc2OP(=O)(OCC)OCC)[C@H](CCCCC)c2cc(c(OS(=O)(=O)c3ccc(C)cc3)cc2OS(=O)(=O)c2ccc(C)cc2)[C@H](CCCCC)c2cc(c(OP(=O)(OCC)OCC)cc2OP(=O)(OCC)OCC)[C@H](CCCCC)c2cc1c(OS(=O)(=O)c1ccc(C)cc1)cc2OS(=O)(=O)c1ccc(C)cc1. The van der Waals surface area contributed by atoms with E-state index in [-0.39, 0.29) is 191 Å². The lowest BCUT2D eigenvalue weighted by Gasteiger charge is -2.33. The molecule has 0 saturated carbocycles. The van der Waals surface area contributed by atoms with E-state index in [0.717, 1.165) is 12.1 Å². The largest absolute Gasteiger partial charge is 0.530 e. The summed E-state index contributed by atoms with van der Waals surface area (Å²) in [4.78, 5) is -1.35. The van der Waals surface area contributed by atoms with Gasteiger partial charge in [-0.25, -0.2) is 18.3 Å². The van der Waals surface area contributed by atoms with Crippen molar-refractivity contribution in [2.75, 3.05) is 52.9 Å². The van der Waals surface area contributed by atoms with E-state index in [2.05, 4.69) is 0 Å². The van der Waals surface area contributed by atoms with Crippen LogP contribution in [-0.2, 0) is 94.9 Å². The summed E-state index contributed by atoms with van der Waals surface area (Å²) in [5.74, 6) is -9.21. The van der Waals surface area contributed by atoms with Crippen molar-refractivity contribution in [1.29, 1.82) is 0 Å². The molecule has 0 spiro atoms. The van der Waals surface area contributed by atoms with E-state index >= 15 is 51.9 Å². The Hall–Kier alpha value is -7.44. The molecule has 8 aromatic rings. The van der Waals surface area contributed by atoms with Crippen LogP contribution in [0.3, 0.4) is 0 Å². The second-order valence-corrected chi connectivity index (χ2v) is 43.4. The highest BCUT2D eigenvalue weighted by molar-refractivity contribution is 7.88. The fourth-order valence-corrected chi connectivity index (χ4v) is 23.7. The van der Waals surface area contributed by atoms with Gasteiger partial charge in [0.2, 0.25) is 0 Å². The predicted molar refractivity (Wildman–Crippen MR) is 492 cm³/mol. The maximum atomic E-state index is 15.8. The van der Waals surface area contributed by atoms with Crippen LogP contribution in [0.15, 0.2) is 165 Å². The van der Waals surface area contributed by atoms with Crippen molar-refractivity contribution >= 4 is 71.8 Å². The first-order valence-corrected chi connectivity index (χ1v) is 55.5. The van der Waals surface area contributed by atoms with Crippen molar-refractivity contribution in [3.8, 4) is 46.0 Å². The number of fused-ring (bicyclic) bond motifs is 8. The Morgan fingerprint density at radius 1 is 0.227 bits per heavy atom. The van der Waals surface area contributed by atoms with E-state index in [1.165, 1.54) is 72.8 Å². The molecule has 0 amide bonds. The zero-order chi connectivity index (χ0) is 93.4. The van der Waals surface area contributed by atoms with Crippen LogP contribution in [0.4, 0.5) is 0 Å². The Morgan fingerprint density at radius 3 is 0.539 bits per heavy atom. The number of unbranched alkanes of at least 4 members (excludes halogenated alkanes) is 8. The van der Waals surface area contributed by atoms with E-state index in [9.17, 15) is 0 Å². The molecule has 0 N–H and O–H groups in total. The minimum Gasteiger partial charge on any atom is -0.404 e. The molecule has 28 nitrogen and oxygen atoms in total. The molecule has 0 aromatic heterocycles. The third kappa shape index (κ3) is 27.4. The number of benzene rings is 8. The molecule has 1 aliphatic rings. The summed E-state index contributed by atoms with van der Waals surface area (Å²) in [7, 11) is -40.0. The molecule has 0 radical (unpaired) electrons. The van der Waals surface area contributed by atoms with Gasteiger partial charge in [0.25, 0.3) is 0 Å². The monoisotopic (exact) mass is 1930 g/mol. The molecular weight excluding hydrogens is 1810 g/mol. The average molecular weight is 1930 g/mol. The van der Waals surface area contributed by atoms with Gasteiger partial charge in [-0.3, -0.25) is 36.2 Å². The van der Waals surface area contributed by atoms with Gasteiger partial charge in [-0.05, 0) is 182 Å². The van der Waals surface area contributed by atoms with E-state index in [0.29, 0.717) is 73.6 Å². The van der Waals surface area contributed by atoms with E-state index in [1.807, 2.05) is 27.7 Å². The first-order chi connectivity index (χ1) is 60.9. The van der Waals surface area contributed by atoms with Crippen LogP contribution in [0.2, 0.25) is 0 Å². The van der Waals surface area contributed by atoms with Gasteiger partial charge in [-0.1, -0.05) is 176 Å². The molecular formula is C92H124O28P4S4. The van der Waals surface area contributed by atoms with Crippen molar-refractivity contribution in [3.63, 3.8) is 0 Å². The highest BCUT2D eigenvalue weighted by atomic mass is 32.2. The molecule has 1 aliphatic carbocycles. The highest BCUT2D eigenvalue weighted by Gasteiger charge is 2.44. The normalized spacial score (nSPS) is 15.3. The van der Waals surface area contributed by atoms with Crippen LogP contribution in [0.5, 0.6) is 46.0 Å². The first kappa shape index (κ1) is 104. The summed E-state index contributed by atoms with van der Waals surface area (Å²) < 4.78 is 292. The maximum Gasteiger partial charge on any atom is 0.530 e. The lowest BCUT2D eigenvalue weighted by atomic mass is 9.76. The van der Waals surface area contributed by atoms with Crippen LogP contribution in [0.1, 0.15) is 276 Å². The summed E-state index contributed by atoms with van der Waals surface area (Å²) in [5.41, 5.74) is 2.61. The number of phosphoric acid groups is 4. The van der Waals surface area contributed by atoms with Crippen molar-refractivity contribution < 1.29 is 123 Å². The minimum atomic E-state index is -5.08. The summed E-state index contributed by atoms with van der Waals surface area (Å²) in [6.07, 6.45) is 5.15. The smallest absolute Gasteiger partial charge is 0.404 e. The van der Waals surface area contributed by atoms with Crippen LogP contribution in [0, 0.1) is 27.7 Å². The van der Waals surface area contributed by atoms with Gasteiger partial charge >= 0.3 is 71.8 Å². The fourth-order valence-electron chi connectivity index (χ4n) is 15.1. The Labute approximate surface area is 757 Å². The van der Waals surface area contributed by atoms with Crippen LogP contribution < -0.4 is 34.8 Å². The summed E-state index contributed by atoms with van der Waals surface area (Å²) >= 11 is 0. The number of hydrogen-bond donors (Lipinski definition) is 0. The van der Waals surface area contributed by atoms with Gasteiger partial charge < -0.3 is 34.8 Å². The third-order valence-corrected chi connectivity index (χ3v) is 32.4. The lowest BCUT2D eigenvalue weighted by Crippen LogP contribution is -2.19. The minimum absolute atomic E-state index is 0.0112.